The van der Waals surface area contributed by atoms with Gasteiger partial charge in [-0.3, -0.25) is 0 Å². The van der Waals surface area contributed by atoms with E-state index in [0.717, 1.165) is 17.8 Å². The van der Waals surface area contributed by atoms with Crippen LogP contribution in [0.15, 0.2) is 18.3 Å². The first-order valence-corrected chi connectivity index (χ1v) is 6.05. The molecule has 2 N–H and O–H groups in total. The van der Waals surface area contributed by atoms with E-state index in [1.165, 1.54) is 12.8 Å². The Bertz CT molecular complexity index is 582. The van der Waals surface area contributed by atoms with Gasteiger partial charge in [-0.15, -0.1) is 0 Å². The number of imidazole rings is 1. The molecule has 1 aromatic carbocycles. The van der Waals surface area contributed by atoms with Gasteiger partial charge in [-0.2, -0.15) is 0 Å². The fourth-order valence-electron chi connectivity index (χ4n) is 1.83. The highest BCUT2D eigenvalue weighted by atomic mass is 19.2. The zero-order valence-electron chi connectivity index (χ0n) is 10.0. The molecular formula is C13H12F3N3. The Morgan fingerprint density at radius 2 is 1.89 bits per heavy atom. The summed E-state index contributed by atoms with van der Waals surface area (Å²) in [7, 11) is 0. The molecule has 0 atom stereocenters. The third-order valence-corrected chi connectivity index (χ3v) is 3.04. The summed E-state index contributed by atoms with van der Waals surface area (Å²) in [5.74, 6) is -3.58. The van der Waals surface area contributed by atoms with Crippen molar-refractivity contribution < 1.29 is 13.2 Å². The van der Waals surface area contributed by atoms with E-state index in [9.17, 15) is 13.2 Å². The van der Waals surface area contributed by atoms with E-state index in [4.69, 9.17) is 0 Å². The molecule has 1 aliphatic rings. The van der Waals surface area contributed by atoms with Crippen molar-refractivity contribution in [1.29, 1.82) is 0 Å². The van der Waals surface area contributed by atoms with E-state index in [0.29, 0.717) is 18.4 Å². The molecule has 0 unspecified atom stereocenters. The largest absolute Gasteiger partial charge is 0.341 e. The Balaban J connectivity index is 1.81. The van der Waals surface area contributed by atoms with Gasteiger partial charge in [0, 0.05) is 30.0 Å². The van der Waals surface area contributed by atoms with Crippen molar-refractivity contribution in [2.75, 3.05) is 0 Å². The third kappa shape index (κ3) is 2.63. The summed E-state index contributed by atoms with van der Waals surface area (Å²) in [6.45, 7) is 0.629. The quantitative estimate of drug-likeness (QED) is 0.836. The first kappa shape index (κ1) is 12.2. The number of hydrogen-bond donors (Lipinski definition) is 2. The third-order valence-electron chi connectivity index (χ3n) is 3.04. The van der Waals surface area contributed by atoms with E-state index in [-0.39, 0.29) is 5.56 Å². The smallest absolute Gasteiger partial charge is 0.194 e. The highest BCUT2D eigenvalue weighted by Crippen LogP contribution is 2.22. The first-order valence-electron chi connectivity index (χ1n) is 6.05. The van der Waals surface area contributed by atoms with Crippen molar-refractivity contribution in [3.8, 4) is 11.4 Å². The summed E-state index contributed by atoms with van der Waals surface area (Å²) >= 11 is 0. The topological polar surface area (TPSA) is 40.7 Å². The molecule has 0 spiro atoms. The minimum absolute atomic E-state index is 0.189. The van der Waals surface area contributed by atoms with Gasteiger partial charge < -0.3 is 10.3 Å². The molecule has 0 saturated heterocycles. The van der Waals surface area contributed by atoms with Crippen LogP contribution in [0.3, 0.4) is 0 Å². The van der Waals surface area contributed by atoms with E-state index in [1.807, 2.05) is 0 Å². The van der Waals surface area contributed by atoms with Crippen molar-refractivity contribution in [3.63, 3.8) is 0 Å². The van der Waals surface area contributed by atoms with Crippen molar-refractivity contribution in [2.24, 2.45) is 0 Å². The number of benzene rings is 1. The SMILES string of the molecule is Fc1cc(-c2ncc(CNC3CC3)[nH]2)cc(F)c1F. The molecule has 1 aliphatic carbocycles. The molecule has 0 amide bonds. The predicted octanol–water partition coefficient (Wildman–Crippen LogP) is 2.75. The minimum Gasteiger partial charge on any atom is -0.341 e. The maximum absolute atomic E-state index is 13.1. The number of aromatic nitrogens is 2. The zero-order chi connectivity index (χ0) is 13.4. The Morgan fingerprint density at radius 1 is 1.21 bits per heavy atom. The van der Waals surface area contributed by atoms with Crippen LogP contribution in [0.2, 0.25) is 0 Å². The fraction of sp³-hybridized carbons (Fsp3) is 0.308. The van der Waals surface area contributed by atoms with Crippen LogP contribution in [0, 0.1) is 17.5 Å². The van der Waals surface area contributed by atoms with Gasteiger partial charge in [0.2, 0.25) is 0 Å². The highest BCUT2D eigenvalue weighted by molar-refractivity contribution is 5.55. The van der Waals surface area contributed by atoms with Gasteiger partial charge in [0.05, 0.1) is 0 Å². The Kier molecular flexibility index (Phi) is 3.02. The molecule has 6 heteroatoms. The molecule has 0 radical (unpaired) electrons. The average molecular weight is 267 g/mol. The van der Waals surface area contributed by atoms with Crippen LogP contribution < -0.4 is 5.32 Å². The van der Waals surface area contributed by atoms with Crippen LogP contribution in [-0.4, -0.2) is 16.0 Å². The maximum atomic E-state index is 13.1. The van der Waals surface area contributed by atoms with E-state index < -0.39 is 17.5 Å². The fourth-order valence-corrected chi connectivity index (χ4v) is 1.83. The van der Waals surface area contributed by atoms with Gasteiger partial charge in [0.15, 0.2) is 17.5 Å². The number of hydrogen-bond acceptors (Lipinski definition) is 2. The van der Waals surface area contributed by atoms with Crippen LogP contribution in [0.25, 0.3) is 11.4 Å². The number of nitrogens with zero attached hydrogens (tertiary/aromatic N) is 1. The Hall–Kier alpha value is -1.82. The molecule has 1 heterocycles. The van der Waals surface area contributed by atoms with Crippen LogP contribution >= 0.6 is 0 Å². The molecule has 1 fully saturated rings. The molecule has 1 aromatic heterocycles. The second kappa shape index (κ2) is 4.70. The monoisotopic (exact) mass is 267 g/mol. The number of H-pyrrole nitrogens is 1. The number of nitrogens with one attached hydrogen (secondary N) is 2. The molecule has 100 valence electrons. The number of rotatable bonds is 4. The average Bonchev–Trinajstić information content (AvgIpc) is 3.10. The molecular weight excluding hydrogens is 255 g/mol. The van der Waals surface area contributed by atoms with Crippen LogP contribution in [0.5, 0.6) is 0 Å². The van der Waals surface area contributed by atoms with Crippen molar-refractivity contribution >= 4 is 0 Å². The van der Waals surface area contributed by atoms with Crippen LogP contribution in [-0.2, 0) is 6.54 Å². The zero-order valence-corrected chi connectivity index (χ0v) is 10.0. The standard InChI is InChI=1S/C13H12F3N3/c14-10-3-7(4-11(15)12(10)16)13-18-6-9(19-13)5-17-8-1-2-8/h3-4,6,8,17H,1-2,5H2,(H,18,19). The molecule has 1 saturated carbocycles. The van der Waals surface area contributed by atoms with Gasteiger partial charge >= 0.3 is 0 Å². The van der Waals surface area contributed by atoms with Crippen LogP contribution in [0.1, 0.15) is 18.5 Å². The summed E-state index contributed by atoms with van der Waals surface area (Å²) < 4.78 is 39.1. The molecule has 2 aromatic rings. The van der Waals surface area contributed by atoms with Crippen molar-refractivity contribution in [1.82, 2.24) is 15.3 Å². The van der Waals surface area contributed by atoms with Crippen LogP contribution in [0.4, 0.5) is 13.2 Å². The predicted molar refractivity (Wildman–Crippen MR) is 63.8 cm³/mol. The van der Waals surface area contributed by atoms with Gasteiger partial charge in [-0.25, -0.2) is 18.2 Å². The summed E-state index contributed by atoms with van der Waals surface area (Å²) in [6, 6.07) is 2.41. The maximum Gasteiger partial charge on any atom is 0.194 e. The van der Waals surface area contributed by atoms with Gasteiger partial charge in [0.25, 0.3) is 0 Å². The lowest BCUT2D eigenvalue weighted by molar-refractivity contribution is 0.447. The highest BCUT2D eigenvalue weighted by Gasteiger charge is 2.20. The normalized spacial score (nSPS) is 14.9. The van der Waals surface area contributed by atoms with Gasteiger partial charge in [-0.1, -0.05) is 0 Å². The second-order valence-corrected chi connectivity index (χ2v) is 4.67. The summed E-state index contributed by atoms with van der Waals surface area (Å²) in [5, 5.41) is 3.29. The molecule has 0 bridgehead atoms. The minimum atomic E-state index is -1.47. The lowest BCUT2D eigenvalue weighted by Gasteiger charge is -2.01. The van der Waals surface area contributed by atoms with Gasteiger partial charge in [0.1, 0.15) is 5.82 Å². The van der Waals surface area contributed by atoms with Gasteiger partial charge in [-0.05, 0) is 25.0 Å². The summed E-state index contributed by atoms with van der Waals surface area (Å²) in [6.07, 6.45) is 3.95. The number of halogens is 3. The molecule has 3 nitrogen and oxygen atoms in total. The first-order chi connectivity index (χ1) is 9.13. The van der Waals surface area contributed by atoms with E-state index in [1.54, 1.807) is 6.20 Å². The number of aromatic amines is 1. The molecule has 19 heavy (non-hydrogen) atoms. The summed E-state index contributed by atoms with van der Waals surface area (Å²) in [4.78, 5) is 7.00. The summed E-state index contributed by atoms with van der Waals surface area (Å²) in [5.41, 5.74) is 1.01. The molecule has 3 rings (SSSR count). The van der Waals surface area contributed by atoms with Crippen molar-refractivity contribution in [3.05, 3.63) is 41.5 Å². The second-order valence-electron chi connectivity index (χ2n) is 4.67. The lowest BCUT2D eigenvalue weighted by atomic mass is 10.2. The Morgan fingerprint density at radius 3 is 2.53 bits per heavy atom. The van der Waals surface area contributed by atoms with E-state index in [2.05, 4.69) is 15.3 Å². The Labute approximate surface area is 107 Å². The lowest BCUT2D eigenvalue weighted by Crippen LogP contribution is -2.15. The van der Waals surface area contributed by atoms with Crippen molar-refractivity contribution in [2.45, 2.75) is 25.4 Å². The molecule has 0 aliphatic heterocycles. The van der Waals surface area contributed by atoms with E-state index >= 15 is 0 Å².